The third-order valence-electron chi connectivity index (χ3n) is 2.73. The molecule has 3 N–H and O–H groups in total. The zero-order valence-electron chi connectivity index (χ0n) is 9.22. The van der Waals surface area contributed by atoms with Gasteiger partial charge in [-0.05, 0) is 12.0 Å². The molecule has 0 unspecified atom stereocenters. The Morgan fingerprint density at radius 1 is 1.29 bits per heavy atom. The molecule has 0 heterocycles. The third-order valence-corrected chi connectivity index (χ3v) is 2.73. The Morgan fingerprint density at radius 2 is 2.00 bits per heavy atom. The van der Waals surface area contributed by atoms with Crippen LogP contribution in [0.15, 0.2) is 30.3 Å². The van der Waals surface area contributed by atoms with E-state index in [4.69, 9.17) is 5.11 Å². The van der Waals surface area contributed by atoms with E-state index in [0.29, 0.717) is 5.92 Å². The van der Waals surface area contributed by atoms with Crippen LogP contribution in [0.5, 0.6) is 0 Å². The highest BCUT2D eigenvalue weighted by molar-refractivity contribution is 5.80. The molecule has 5 nitrogen and oxygen atoms in total. The predicted molar refractivity (Wildman–Crippen MR) is 61.8 cm³/mol. The average molecular weight is 234 g/mol. The van der Waals surface area contributed by atoms with E-state index in [2.05, 4.69) is 10.6 Å². The largest absolute Gasteiger partial charge is 0.480 e. The molecule has 1 aliphatic rings. The average Bonchev–Trinajstić information content (AvgIpc) is 3.07. The number of rotatable bonds is 4. The molecule has 2 rings (SSSR count). The summed E-state index contributed by atoms with van der Waals surface area (Å²) in [5.74, 6) is -0.692. The van der Waals surface area contributed by atoms with E-state index in [1.54, 1.807) is 0 Å². The van der Waals surface area contributed by atoms with Gasteiger partial charge in [0.25, 0.3) is 0 Å². The van der Waals surface area contributed by atoms with Gasteiger partial charge in [0.2, 0.25) is 0 Å². The summed E-state index contributed by atoms with van der Waals surface area (Å²) in [4.78, 5) is 21.5. The van der Waals surface area contributed by atoms with Crippen LogP contribution in [-0.2, 0) is 4.79 Å². The predicted octanol–water partition coefficient (Wildman–Crippen LogP) is 0.926. The number of hydrogen-bond donors (Lipinski definition) is 3. The number of benzene rings is 1. The smallest absolute Gasteiger partial charge is 0.323 e. The fourth-order valence-corrected chi connectivity index (χ4v) is 1.80. The fourth-order valence-electron chi connectivity index (χ4n) is 1.80. The molecule has 0 bridgehead atoms. The molecule has 2 amide bonds. The molecule has 0 saturated heterocycles. The van der Waals surface area contributed by atoms with Crippen molar-refractivity contribution in [2.45, 2.75) is 18.4 Å². The van der Waals surface area contributed by atoms with E-state index in [1.807, 2.05) is 30.3 Å². The Labute approximate surface area is 98.8 Å². The molecular formula is C12H14N2O3. The third kappa shape index (κ3) is 3.21. The summed E-state index contributed by atoms with van der Waals surface area (Å²) >= 11 is 0. The van der Waals surface area contributed by atoms with Crippen molar-refractivity contribution in [3.63, 3.8) is 0 Å². The SMILES string of the molecule is O=C(O)CNC(=O)N[C@H]1C[C@@H]1c1ccccc1. The lowest BCUT2D eigenvalue weighted by Crippen LogP contribution is -2.39. The lowest BCUT2D eigenvalue weighted by atomic mass is 10.1. The van der Waals surface area contributed by atoms with Crippen LogP contribution in [0.1, 0.15) is 17.9 Å². The molecule has 0 aromatic heterocycles. The first kappa shape index (κ1) is 11.4. The van der Waals surface area contributed by atoms with E-state index in [0.717, 1.165) is 6.42 Å². The monoisotopic (exact) mass is 234 g/mol. The number of urea groups is 1. The van der Waals surface area contributed by atoms with Crippen LogP contribution >= 0.6 is 0 Å². The molecule has 17 heavy (non-hydrogen) atoms. The number of nitrogens with one attached hydrogen (secondary N) is 2. The van der Waals surface area contributed by atoms with Crippen LogP contribution in [0.25, 0.3) is 0 Å². The minimum atomic E-state index is -1.05. The number of aliphatic carboxylic acids is 1. The lowest BCUT2D eigenvalue weighted by molar-refractivity contribution is -0.135. The van der Waals surface area contributed by atoms with Crippen molar-refractivity contribution >= 4 is 12.0 Å². The van der Waals surface area contributed by atoms with Crippen molar-refractivity contribution < 1.29 is 14.7 Å². The van der Waals surface area contributed by atoms with E-state index >= 15 is 0 Å². The maximum absolute atomic E-state index is 11.3. The van der Waals surface area contributed by atoms with Gasteiger partial charge in [-0.15, -0.1) is 0 Å². The van der Waals surface area contributed by atoms with Gasteiger partial charge in [0.15, 0.2) is 0 Å². The Hall–Kier alpha value is -2.04. The zero-order valence-corrected chi connectivity index (χ0v) is 9.22. The minimum Gasteiger partial charge on any atom is -0.480 e. The molecule has 0 spiro atoms. The van der Waals surface area contributed by atoms with Crippen molar-refractivity contribution in [3.8, 4) is 0 Å². The van der Waals surface area contributed by atoms with Crippen molar-refractivity contribution in [2.75, 3.05) is 6.54 Å². The van der Waals surface area contributed by atoms with Gasteiger partial charge in [-0.1, -0.05) is 30.3 Å². The number of carbonyl (C=O) groups is 2. The first-order valence-corrected chi connectivity index (χ1v) is 5.48. The summed E-state index contributed by atoms with van der Waals surface area (Å²) in [7, 11) is 0. The number of carbonyl (C=O) groups excluding carboxylic acids is 1. The van der Waals surface area contributed by atoms with Gasteiger partial charge in [0.1, 0.15) is 6.54 Å². The quantitative estimate of drug-likeness (QED) is 0.725. The summed E-state index contributed by atoms with van der Waals surface area (Å²) in [5.41, 5.74) is 1.20. The molecule has 5 heteroatoms. The molecular weight excluding hydrogens is 220 g/mol. The lowest BCUT2D eigenvalue weighted by Gasteiger charge is -2.05. The van der Waals surface area contributed by atoms with Gasteiger partial charge in [-0.25, -0.2) is 4.79 Å². The zero-order chi connectivity index (χ0) is 12.3. The molecule has 1 aliphatic carbocycles. The second kappa shape index (κ2) is 4.86. The van der Waals surface area contributed by atoms with Gasteiger partial charge in [-0.3, -0.25) is 4.79 Å². The van der Waals surface area contributed by atoms with Gasteiger partial charge in [-0.2, -0.15) is 0 Å². The number of carboxylic acid groups (broad SMARTS) is 1. The van der Waals surface area contributed by atoms with Crippen molar-refractivity contribution in [1.29, 1.82) is 0 Å². The fraction of sp³-hybridized carbons (Fsp3) is 0.333. The van der Waals surface area contributed by atoms with E-state index in [9.17, 15) is 9.59 Å². The molecule has 1 saturated carbocycles. The number of hydrogen-bond acceptors (Lipinski definition) is 2. The van der Waals surface area contributed by atoms with Crippen LogP contribution in [0, 0.1) is 0 Å². The summed E-state index contributed by atoms with van der Waals surface area (Å²) in [6, 6.07) is 9.64. The summed E-state index contributed by atoms with van der Waals surface area (Å²) in [5, 5.41) is 13.4. The van der Waals surface area contributed by atoms with Crippen molar-refractivity contribution in [3.05, 3.63) is 35.9 Å². The summed E-state index contributed by atoms with van der Waals surface area (Å²) in [6.45, 7) is -0.353. The van der Waals surface area contributed by atoms with Crippen molar-refractivity contribution in [2.24, 2.45) is 0 Å². The van der Waals surface area contributed by atoms with Gasteiger partial charge < -0.3 is 15.7 Å². The highest BCUT2D eigenvalue weighted by Crippen LogP contribution is 2.40. The molecule has 0 radical (unpaired) electrons. The standard InChI is InChI=1S/C12H14N2O3/c15-11(16)7-13-12(17)14-10-6-9(10)8-4-2-1-3-5-8/h1-5,9-10H,6-7H2,(H,15,16)(H2,13,14,17)/t9-,10+/m1/s1. The second-order valence-corrected chi connectivity index (χ2v) is 4.08. The van der Waals surface area contributed by atoms with Crippen LogP contribution in [-0.4, -0.2) is 29.7 Å². The maximum Gasteiger partial charge on any atom is 0.323 e. The first-order valence-electron chi connectivity index (χ1n) is 5.48. The van der Waals surface area contributed by atoms with E-state index < -0.39 is 12.0 Å². The Bertz CT molecular complexity index is 419. The van der Waals surface area contributed by atoms with Crippen LogP contribution in [0.3, 0.4) is 0 Å². The molecule has 0 aliphatic heterocycles. The van der Waals surface area contributed by atoms with Gasteiger partial charge in [0, 0.05) is 12.0 Å². The van der Waals surface area contributed by atoms with E-state index in [1.165, 1.54) is 5.56 Å². The topological polar surface area (TPSA) is 78.4 Å². The van der Waals surface area contributed by atoms with Gasteiger partial charge >= 0.3 is 12.0 Å². The normalized spacial score (nSPS) is 21.6. The summed E-state index contributed by atoms with van der Waals surface area (Å²) in [6.07, 6.45) is 0.907. The van der Waals surface area contributed by atoms with Gasteiger partial charge in [0.05, 0.1) is 0 Å². The molecule has 1 aromatic carbocycles. The maximum atomic E-state index is 11.3. The Morgan fingerprint density at radius 3 is 2.65 bits per heavy atom. The van der Waals surface area contributed by atoms with Crippen LogP contribution < -0.4 is 10.6 Å². The molecule has 1 aromatic rings. The molecule has 1 fully saturated rings. The summed E-state index contributed by atoms with van der Waals surface area (Å²) < 4.78 is 0. The first-order chi connectivity index (χ1) is 8.16. The van der Waals surface area contributed by atoms with E-state index in [-0.39, 0.29) is 12.6 Å². The van der Waals surface area contributed by atoms with Crippen molar-refractivity contribution in [1.82, 2.24) is 10.6 Å². The van der Waals surface area contributed by atoms with Crippen LogP contribution in [0.4, 0.5) is 4.79 Å². The van der Waals surface area contributed by atoms with Crippen LogP contribution in [0.2, 0.25) is 0 Å². The Balaban J connectivity index is 1.76. The highest BCUT2D eigenvalue weighted by atomic mass is 16.4. The minimum absolute atomic E-state index is 0.117. The molecule has 2 atom stereocenters. The second-order valence-electron chi connectivity index (χ2n) is 4.08. The highest BCUT2D eigenvalue weighted by Gasteiger charge is 2.39. The Kier molecular flexibility index (Phi) is 3.27. The number of amides is 2. The number of carboxylic acids is 1. The molecule has 90 valence electrons.